The van der Waals surface area contributed by atoms with Crippen molar-refractivity contribution >= 4 is 40.4 Å². The zero-order chi connectivity index (χ0) is 25.9. The quantitative estimate of drug-likeness (QED) is 0.336. The van der Waals surface area contributed by atoms with E-state index in [4.69, 9.17) is 16.6 Å². The number of nitrogens with zero attached hydrogens (tertiary/aromatic N) is 2. The number of nitrogens with one attached hydrogen (secondary N) is 3. The number of allylic oxidation sites excluding steroid dienone is 2. The number of hydrogen-bond acceptors (Lipinski definition) is 5. The van der Waals surface area contributed by atoms with E-state index in [0.717, 1.165) is 29.8 Å². The van der Waals surface area contributed by atoms with Crippen LogP contribution in [0.15, 0.2) is 95.6 Å². The number of rotatable bonds is 3. The number of carbonyl (C=O) groups excluding carboxylic acids is 1. The SMILES string of the molecule is C/C=C(Cl)\C1=N/C(C)Nc2cccc(c2)CCc2cc(NC(=O)c3ccccn3)cc(c2)N1.C=CC. The van der Waals surface area contributed by atoms with Crippen molar-refractivity contribution in [1.29, 1.82) is 0 Å². The van der Waals surface area contributed by atoms with Crippen molar-refractivity contribution in [2.24, 2.45) is 4.99 Å². The maximum atomic E-state index is 12.7. The fourth-order valence-corrected chi connectivity index (χ4v) is 3.77. The Morgan fingerprint density at radius 2 is 1.81 bits per heavy atom. The molecule has 3 aromatic rings. The number of aliphatic imine (C=N–C) groups is 1. The maximum Gasteiger partial charge on any atom is 0.274 e. The zero-order valence-corrected chi connectivity index (χ0v) is 21.6. The molecule has 0 saturated carbocycles. The van der Waals surface area contributed by atoms with Crippen LogP contribution in [0.5, 0.6) is 0 Å². The summed E-state index contributed by atoms with van der Waals surface area (Å²) < 4.78 is 0. The van der Waals surface area contributed by atoms with Gasteiger partial charge in [0.2, 0.25) is 0 Å². The highest BCUT2D eigenvalue weighted by Crippen LogP contribution is 2.24. The second kappa shape index (κ2) is 13.3. The van der Waals surface area contributed by atoms with Gasteiger partial charge in [-0.1, -0.05) is 42.0 Å². The Morgan fingerprint density at radius 3 is 2.53 bits per heavy atom. The standard InChI is InChI=1S/C26H26ClN5O.C3H6/c1-3-23(27)25-30-17(2)29-20-8-6-7-18(13-20)10-11-19-14-21(31-25)16-22(15-19)32-26(33)24-9-4-5-12-28-24;1-3-2/h3-9,12-17,29H,10-11H2,1-2H3,(H,30,31)(H,32,33);3H,1H2,2H3/b23-3+;. The van der Waals surface area contributed by atoms with Gasteiger partial charge in [-0.2, -0.15) is 0 Å². The van der Waals surface area contributed by atoms with Crippen LogP contribution in [0.2, 0.25) is 0 Å². The van der Waals surface area contributed by atoms with E-state index in [1.807, 2.05) is 45.0 Å². The molecule has 4 rings (SSSR count). The van der Waals surface area contributed by atoms with Crippen LogP contribution in [0.25, 0.3) is 0 Å². The van der Waals surface area contributed by atoms with Crippen molar-refractivity contribution < 1.29 is 4.79 Å². The molecule has 0 saturated heterocycles. The highest BCUT2D eigenvalue weighted by atomic mass is 35.5. The summed E-state index contributed by atoms with van der Waals surface area (Å²) in [6, 6.07) is 19.5. The van der Waals surface area contributed by atoms with Gasteiger partial charge in [0, 0.05) is 23.3 Å². The molecule has 36 heavy (non-hydrogen) atoms. The molecule has 1 aliphatic rings. The number of hydrogen-bond donors (Lipinski definition) is 3. The van der Waals surface area contributed by atoms with Crippen LogP contribution in [0, 0.1) is 0 Å². The lowest BCUT2D eigenvalue weighted by Gasteiger charge is -2.16. The van der Waals surface area contributed by atoms with Gasteiger partial charge < -0.3 is 16.0 Å². The first-order valence-corrected chi connectivity index (χ1v) is 12.3. The first-order valence-electron chi connectivity index (χ1n) is 11.9. The molecule has 0 fully saturated rings. The molecule has 1 amide bonds. The number of aromatic nitrogens is 1. The van der Waals surface area contributed by atoms with Crippen LogP contribution >= 0.6 is 11.6 Å². The fraction of sp³-hybridized carbons (Fsp3) is 0.207. The third-order valence-electron chi connectivity index (χ3n) is 5.22. The van der Waals surface area contributed by atoms with Gasteiger partial charge >= 0.3 is 0 Å². The third-order valence-corrected chi connectivity index (χ3v) is 5.62. The van der Waals surface area contributed by atoms with E-state index in [0.29, 0.717) is 22.2 Å². The van der Waals surface area contributed by atoms with E-state index in [2.05, 4.69) is 45.7 Å². The Hall–Kier alpha value is -3.90. The summed E-state index contributed by atoms with van der Waals surface area (Å²) >= 11 is 6.48. The van der Waals surface area contributed by atoms with Crippen LogP contribution in [0.1, 0.15) is 42.4 Å². The van der Waals surface area contributed by atoms with E-state index < -0.39 is 0 Å². The minimum absolute atomic E-state index is 0.205. The number of halogens is 1. The lowest BCUT2D eigenvalue weighted by molar-refractivity contribution is 0.102. The molecule has 1 aliphatic heterocycles. The van der Waals surface area contributed by atoms with Crippen LogP contribution < -0.4 is 16.0 Å². The van der Waals surface area contributed by atoms with Crippen LogP contribution in [-0.4, -0.2) is 22.9 Å². The Balaban J connectivity index is 0.00000115. The lowest BCUT2D eigenvalue weighted by Crippen LogP contribution is -2.20. The van der Waals surface area contributed by atoms with Crippen molar-refractivity contribution in [3.8, 4) is 0 Å². The van der Waals surface area contributed by atoms with E-state index in [1.54, 1.807) is 36.5 Å². The molecule has 6 nitrogen and oxygen atoms in total. The Labute approximate surface area is 218 Å². The van der Waals surface area contributed by atoms with Crippen LogP contribution in [-0.2, 0) is 12.8 Å². The summed E-state index contributed by atoms with van der Waals surface area (Å²) in [4.78, 5) is 21.6. The lowest BCUT2D eigenvalue weighted by atomic mass is 10.0. The monoisotopic (exact) mass is 501 g/mol. The number of aryl methyl sites for hydroxylation is 2. The third kappa shape index (κ3) is 7.82. The highest BCUT2D eigenvalue weighted by Gasteiger charge is 2.13. The Bertz CT molecular complexity index is 1250. The first kappa shape index (κ1) is 26.7. The molecule has 2 aromatic carbocycles. The fourth-order valence-electron chi connectivity index (χ4n) is 3.67. The summed E-state index contributed by atoms with van der Waals surface area (Å²) in [5.74, 6) is 0.288. The molecule has 0 radical (unpaired) electrons. The molecule has 1 unspecified atom stereocenters. The van der Waals surface area contributed by atoms with E-state index >= 15 is 0 Å². The molecule has 3 N–H and O–H groups in total. The second-order valence-corrected chi connectivity index (χ2v) is 8.66. The largest absolute Gasteiger partial charge is 0.364 e. The van der Waals surface area contributed by atoms with Gasteiger partial charge in [0.1, 0.15) is 17.7 Å². The zero-order valence-electron chi connectivity index (χ0n) is 20.9. The summed E-state index contributed by atoms with van der Waals surface area (Å²) in [5, 5.41) is 10.2. The van der Waals surface area contributed by atoms with Gasteiger partial charge in [-0.25, -0.2) is 4.99 Å². The molecule has 4 bridgehead atoms. The predicted octanol–water partition coefficient (Wildman–Crippen LogP) is 7.04. The second-order valence-electron chi connectivity index (χ2n) is 8.26. The van der Waals surface area contributed by atoms with E-state index in [-0.39, 0.29) is 12.1 Å². The summed E-state index contributed by atoms with van der Waals surface area (Å²) in [7, 11) is 0. The number of amidine groups is 1. The molecule has 186 valence electrons. The normalized spacial score (nSPS) is 16.6. The van der Waals surface area contributed by atoms with Crippen LogP contribution in [0.3, 0.4) is 0 Å². The number of benzene rings is 2. The molecule has 0 spiro atoms. The average Bonchev–Trinajstić information content (AvgIpc) is 2.87. The predicted molar refractivity (Wildman–Crippen MR) is 152 cm³/mol. The Morgan fingerprint density at radius 1 is 1.06 bits per heavy atom. The van der Waals surface area contributed by atoms with E-state index in [9.17, 15) is 4.79 Å². The van der Waals surface area contributed by atoms with Crippen molar-refractivity contribution in [3.63, 3.8) is 0 Å². The summed E-state index contributed by atoms with van der Waals surface area (Å²) in [5.41, 5.74) is 5.14. The van der Waals surface area contributed by atoms with Gasteiger partial charge in [-0.3, -0.25) is 9.78 Å². The molecule has 7 heteroatoms. The van der Waals surface area contributed by atoms with Crippen LogP contribution in [0.4, 0.5) is 17.1 Å². The minimum atomic E-state index is -0.262. The van der Waals surface area contributed by atoms with E-state index in [1.165, 1.54) is 5.56 Å². The molecule has 1 aromatic heterocycles. The molecule has 1 atom stereocenters. The number of amides is 1. The number of carbonyl (C=O) groups is 1. The summed E-state index contributed by atoms with van der Waals surface area (Å²) in [6.45, 7) is 9.09. The molecular formula is C29H32ClN5O. The number of anilines is 3. The van der Waals surface area contributed by atoms with Crippen molar-refractivity contribution in [2.75, 3.05) is 16.0 Å². The number of fused-ring (bicyclic) bond motifs is 4. The topological polar surface area (TPSA) is 78.4 Å². The van der Waals surface area contributed by atoms with Gasteiger partial charge in [-0.15, -0.1) is 6.58 Å². The van der Waals surface area contributed by atoms with Gasteiger partial charge in [0.25, 0.3) is 5.91 Å². The van der Waals surface area contributed by atoms with Gasteiger partial charge in [-0.05, 0) is 87.2 Å². The average molecular weight is 502 g/mol. The van der Waals surface area contributed by atoms with Gasteiger partial charge in [0.05, 0.1) is 5.03 Å². The number of pyridine rings is 1. The maximum absolute atomic E-state index is 12.7. The summed E-state index contributed by atoms with van der Waals surface area (Å²) in [6.07, 6.45) is 6.62. The van der Waals surface area contributed by atoms with Gasteiger partial charge in [0.15, 0.2) is 0 Å². The van der Waals surface area contributed by atoms with Crippen molar-refractivity contribution in [3.05, 3.63) is 107 Å². The first-order chi connectivity index (χ1) is 17.4. The molecular weight excluding hydrogens is 470 g/mol. The highest BCUT2D eigenvalue weighted by molar-refractivity contribution is 6.45. The smallest absolute Gasteiger partial charge is 0.274 e. The minimum Gasteiger partial charge on any atom is -0.364 e. The molecule has 2 heterocycles. The molecule has 0 aliphatic carbocycles. The van der Waals surface area contributed by atoms with Crippen molar-refractivity contribution in [1.82, 2.24) is 4.98 Å². The van der Waals surface area contributed by atoms with Crippen molar-refractivity contribution in [2.45, 2.75) is 39.8 Å². The Kier molecular flexibility index (Phi) is 9.83.